The molecule has 0 bridgehead atoms. The molecule has 0 saturated carbocycles. The molecule has 2 amide bonds. The molecule has 2 rings (SSSR count). The molecule has 1 aliphatic heterocycles. The third-order valence-corrected chi connectivity index (χ3v) is 3.78. The van der Waals surface area contributed by atoms with Crippen molar-refractivity contribution in [1.82, 2.24) is 4.90 Å². The molecule has 1 saturated heterocycles. The summed E-state index contributed by atoms with van der Waals surface area (Å²) in [6, 6.07) is 3.97. The average Bonchev–Trinajstić information content (AvgIpc) is 2.90. The van der Waals surface area contributed by atoms with Crippen molar-refractivity contribution in [3.63, 3.8) is 0 Å². The molecule has 3 N–H and O–H groups in total. The highest BCUT2D eigenvalue weighted by Crippen LogP contribution is 2.28. The van der Waals surface area contributed by atoms with E-state index in [0.717, 1.165) is 19.3 Å². The summed E-state index contributed by atoms with van der Waals surface area (Å²) in [6.07, 6.45) is 3.19. The second-order valence-electron chi connectivity index (χ2n) is 5.33. The summed E-state index contributed by atoms with van der Waals surface area (Å²) in [7, 11) is 0. The van der Waals surface area contributed by atoms with Gasteiger partial charge in [0.15, 0.2) is 5.75 Å². The lowest BCUT2D eigenvalue weighted by Crippen LogP contribution is -2.33. The van der Waals surface area contributed by atoms with Gasteiger partial charge in [0.05, 0.1) is 5.69 Å². The van der Waals surface area contributed by atoms with Crippen LogP contribution in [-0.4, -0.2) is 40.2 Å². The number of hydrogen-bond acceptors (Lipinski definition) is 3. The van der Waals surface area contributed by atoms with Crippen LogP contribution in [0.5, 0.6) is 5.75 Å². The average molecular weight is 292 g/mol. The Morgan fingerprint density at radius 1 is 1.43 bits per heavy atom. The molecule has 1 fully saturated rings. The number of urea groups is 1. The van der Waals surface area contributed by atoms with Crippen molar-refractivity contribution in [2.24, 2.45) is 5.92 Å². The van der Waals surface area contributed by atoms with Crippen molar-refractivity contribution in [3.8, 4) is 5.75 Å². The molecule has 0 aromatic heterocycles. The lowest BCUT2D eigenvalue weighted by Gasteiger charge is -2.18. The molecule has 6 nitrogen and oxygen atoms in total. The summed E-state index contributed by atoms with van der Waals surface area (Å²) in [5.74, 6) is -1.12. The topological polar surface area (TPSA) is 89.9 Å². The number of aromatic hydroxyl groups is 1. The molecule has 1 heterocycles. The normalized spacial score (nSPS) is 17.8. The molecule has 0 aliphatic carbocycles. The zero-order valence-corrected chi connectivity index (χ0v) is 12.0. The number of hydrogen-bond donors (Lipinski definition) is 3. The highest BCUT2D eigenvalue weighted by molar-refractivity contribution is 5.97. The first-order valence-electron chi connectivity index (χ1n) is 7.14. The molecular weight excluding hydrogens is 272 g/mol. The van der Waals surface area contributed by atoms with Crippen LogP contribution in [0.3, 0.4) is 0 Å². The van der Waals surface area contributed by atoms with Crippen LogP contribution in [0.1, 0.15) is 36.5 Å². The summed E-state index contributed by atoms with van der Waals surface area (Å²) < 4.78 is 0. The number of benzene rings is 1. The molecule has 6 heteroatoms. The largest absolute Gasteiger partial charge is 0.505 e. The number of aromatic carboxylic acids is 1. The van der Waals surface area contributed by atoms with Crippen LogP contribution in [0.2, 0.25) is 0 Å². The SMILES string of the molecule is CCCC1CCN(C(=O)Nc2cccc(C(=O)O)c2O)C1. The van der Waals surface area contributed by atoms with E-state index in [0.29, 0.717) is 19.0 Å². The molecule has 1 aromatic carbocycles. The number of anilines is 1. The fourth-order valence-electron chi connectivity index (χ4n) is 2.67. The minimum Gasteiger partial charge on any atom is -0.505 e. The molecular formula is C15H20N2O4. The first-order chi connectivity index (χ1) is 10.0. The Bertz CT molecular complexity index is 544. The van der Waals surface area contributed by atoms with Gasteiger partial charge in [-0.3, -0.25) is 0 Å². The third kappa shape index (κ3) is 3.45. The number of carbonyl (C=O) groups is 2. The Balaban J connectivity index is 2.04. The van der Waals surface area contributed by atoms with E-state index in [1.54, 1.807) is 4.90 Å². The minimum absolute atomic E-state index is 0.124. The lowest BCUT2D eigenvalue weighted by atomic mass is 10.0. The van der Waals surface area contributed by atoms with Crippen LogP contribution in [0.25, 0.3) is 0 Å². The Morgan fingerprint density at radius 2 is 2.19 bits per heavy atom. The highest BCUT2D eigenvalue weighted by Gasteiger charge is 2.26. The molecule has 1 atom stereocenters. The van der Waals surface area contributed by atoms with Crippen LogP contribution in [0.4, 0.5) is 10.5 Å². The van der Waals surface area contributed by atoms with Crippen molar-refractivity contribution in [2.75, 3.05) is 18.4 Å². The number of likely N-dealkylation sites (tertiary alicyclic amines) is 1. The first kappa shape index (κ1) is 15.2. The number of carboxylic acid groups (broad SMARTS) is 1. The van der Waals surface area contributed by atoms with Crippen molar-refractivity contribution in [2.45, 2.75) is 26.2 Å². The maximum absolute atomic E-state index is 12.2. The first-order valence-corrected chi connectivity index (χ1v) is 7.14. The summed E-state index contributed by atoms with van der Waals surface area (Å²) >= 11 is 0. The van der Waals surface area contributed by atoms with Crippen LogP contribution in [0, 0.1) is 5.92 Å². The van der Waals surface area contributed by atoms with Gasteiger partial charge >= 0.3 is 12.0 Å². The zero-order valence-electron chi connectivity index (χ0n) is 12.0. The molecule has 21 heavy (non-hydrogen) atoms. The number of amides is 2. The van der Waals surface area contributed by atoms with Gasteiger partial charge in [0, 0.05) is 13.1 Å². The van der Waals surface area contributed by atoms with E-state index < -0.39 is 11.7 Å². The van der Waals surface area contributed by atoms with Crippen LogP contribution in [0.15, 0.2) is 18.2 Å². The highest BCUT2D eigenvalue weighted by atomic mass is 16.4. The van der Waals surface area contributed by atoms with Gasteiger partial charge in [0.1, 0.15) is 5.56 Å². The molecule has 1 unspecified atom stereocenters. The number of rotatable bonds is 4. The number of phenols is 1. The van der Waals surface area contributed by atoms with Gasteiger partial charge in [-0.15, -0.1) is 0 Å². The molecule has 1 aromatic rings. The van der Waals surface area contributed by atoms with Gasteiger partial charge < -0.3 is 20.4 Å². The Kier molecular flexibility index (Phi) is 4.67. The standard InChI is InChI=1S/C15H20N2O4/c1-2-4-10-7-8-17(9-10)15(21)16-12-6-3-5-11(13(12)18)14(19)20/h3,5-6,10,18H,2,4,7-9H2,1H3,(H,16,21)(H,19,20). The van der Waals surface area contributed by atoms with Gasteiger partial charge in [-0.2, -0.15) is 0 Å². The fraction of sp³-hybridized carbons (Fsp3) is 0.467. The van der Waals surface area contributed by atoms with E-state index in [-0.39, 0.29) is 17.3 Å². The van der Waals surface area contributed by atoms with Gasteiger partial charge in [-0.1, -0.05) is 19.4 Å². The Hall–Kier alpha value is -2.24. The third-order valence-electron chi connectivity index (χ3n) is 3.78. The van der Waals surface area contributed by atoms with Crippen molar-refractivity contribution >= 4 is 17.7 Å². The second-order valence-corrected chi connectivity index (χ2v) is 5.33. The van der Waals surface area contributed by atoms with E-state index in [2.05, 4.69) is 12.2 Å². The maximum Gasteiger partial charge on any atom is 0.339 e. The van der Waals surface area contributed by atoms with E-state index in [1.807, 2.05) is 0 Å². The summed E-state index contributed by atoms with van der Waals surface area (Å²) in [4.78, 5) is 24.8. The number of para-hydroxylation sites is 1. The Morgan fingerprint density at radius 3 is 2.86 bits per heavy atom. The number of carboxylic acids is 1. The predicted octanol–water partition coefficient (Wildman–Crippen LogP) is 2.74. The summed E-state index contributed by atoms with van der Waals surface area (Å²) in [5.41, 5.74) is -0.100. The maximum atomic E-state index is 12.2. The van der Waals surface area contributed by atoms with Gasteiger partial charge in [-0.25, -0.2) is 9.59 Å². The second kappa shape index (κ2) is 6.47. The fourth-order valence-corrected chi connectivity index (χ4v) is 2.67. The molecule has 114 valence electrons. The van der Waals surface area contributed by atoms with Crippen LogP contribution < -0.4 is 5.32 Å². The van der Waals surface area contributed by atoms with Crippen LogP contribution in [-0.2, 0) is 0 Å². The number of carbonyl (C=O) groups excluding carboxylic acids is 1. The van der Waals surface area contributed by atoms with E-state index in [1.165, 1.54) is 18.2 Å². The van der Waals surface area contributed by atoms with Gasteiger partial charge in [0.2, 0.25) is 0 Å². The van der Waals surface area contributed by atoms with E-state index in [9.17, 15) is 14.7 Å². The number of nitrogens with one attached hydrogen (secondary N) is 1. The Labute approximate surface area is 123 Å². The quantitative estimate of drug-likeness (QED) is 0.744. The van der Waals surface area contributed by atoms with Crippen molar-refractivity contribution < 1.29 is 19.8 Å². The smallest absolute Gasteiger partial charge is 0.339 e. The molecule has 1 aliphatic rings. The summed E-state index contributed by atoms with van der Waals surface area (Å²) in [6.45, 7) is 3.52. The van der Waals surface area contributed by atoms with Crippen molar-refractivity contribution in [3.05, 3.63) is 23.8 Å². The summed E-state index contributed by atoms with van der Waals surface area (Å²) in [5, 5.41) is 21.4. The van der Waals surface area contributed by atoms with Gasteiger partial charge in [0.25, 0.3) is 0 Å². The van der Waals surface area contributed by atoms with E-state index in [4.69, 9.17) is 5.11 Å². The lowest BCUT2D eigenvalue weighted by molar-refractivity contribution is 0.0693. The molecule has 0 radical (unpaired) electrons. The zero-order chi connectivity index (χ0) is 15.4. The van der Waals surface area contributed by atoms with Crippen molar-refractivity contribution in [1.29, 1.82) is 0 Å². The van der Waals surface area contributed by atoms with Crippen LogP contribution >= 0.6 is 0 Å². The predicted molar refractivity (Wildman–Crippen MR) is 78.7 cm³/mol. The minimum atomic E-state index is -1.23. The van der Waals surface area contributed by atoms with Gasteiger partial charge in [-0.05, 0) is 30.9 Å². The molecule has 0 spiro atoms. The number of nitrogens with zero attached hydrogens (tertiary/aromatic N) is 1. The van der Waals surface area contributed by atoms with E-state index >= 15 is 0 Å². The monoisotopic (exact) mass is 292 g/mol.